The van der Waals surface area contributed by atoms with E-state index in [4.69, 9.17) is 14.9 Å². The minimum atomic E-state index is 0.175. The molecule has 1 aromatic rings. The summed E-state index contributed by atoms with van der Waals surface area (Å²) in [5, 5.41) is 17.6. The molecule has 0 aliphatic heterocycles. The van der Waals surface area contributed by atoms with Gasteiger partial charge < -0.3 is 14.9 Å². The largest absolute Gasteiger partial charge is 0.494 e. The van der Waals surface area contributed by atoms with Gasteiger partial charge >= 0.3 is 0 Å². The van der Waals surface area contributed by atoms with Crippen LogP contribution in [-0.4, -0.2) is 30.0 Å². The average molecular weight is 224 g/mol. The first kappa shape index (κ1) is 13.0. The van der Waals surface area contributed by atoms with Gasteiger partial charge in [-0.25, -0.2) is 0 Å². The van der Waals surface area contributed by atoms with Crippen molar-refractivity contribution in [1.82, 2.24) is 0 Å². The van der Waals surface area contributed by atoms with Crippen LogP contribution in [0.5, 0.6) is 5.75 Å². The molecule has 0 saturated carbocycles. The molecule has 0 heterocycles. The van der Waals surface area contributed by atoms with Gasteiger partial charge in [-0.3, -0.25) is 0 Å². The van der Waals surface area contributed by atoms with E-state index in [2.05, 4.69) is 0 Å². The van der Waals surface area contributed by atoms with Crippen LogP contribution in [0.1, 0.15) is 18.9 Å². The minimum Gasteiger partial charge on any atom is -0.494 e. The third-order valence-corrected chi connectivity index (χ3v) is 2.51. The van der Waals surface area contributed by atoms with Crippen molar-refractivity contribution < 1.29 is 14.9 Å². The minimum absolute atomic E-state index is 0.175. The molecule has 90 valence electrons. The van der Waals surface area contributed by atoms with Crippen molar-refractivity contribution in [2.24, 2.45) is 5.92 Å². The normalized spacial score (nSPS) is 12.4. The van der Waals surface area contributed by atoms with Gasteiger partial charge in [0.15, 0.2) is 0 Å². The summed E-state index contributed by atoms with van der Waals surface area (Å²) in [6, 6.07) is 7.74. The van der Waals surface area contributed by atoms with Crippen molar-refractivity contribution in [3.05, 3.63) is 29.8 Å². The third kappa shape index (κ3) is 4.64. The highest BCUT2D eigenvalue weighted by atomic mass is 16.5. The van der Waals surface area contributed by atoms with Gasteiger partial charge in [0, 0.05) is 13.2 Å². The van der Waals surface area contributed by atoms with Crippen LogP contribution < -0.4 is 4.74 Å². The molecule has 3 nitrogen and oxygen atoms in total. The number of hydrogen-bond donors (Lipinski definition) is 2. The van der Waals surface area contributed by atoms with E-state index in [1.165, 1.54) is 0 Å². The van der Waals surface area contributed by atoms with E-state index >= 15 is 0 Å². The molecule has 2 N–H and O–H groups in total. The smallest absolute Gasteiger partial charge is 0.119 e. The molecule has 0 amide bonds. The van der Waals surface area contributed by atoms with Crippen molar-refractivity contribution in [3.8, 4) is 5.75 Å². The van der Waals surface area contributed by atoms with Crippen molar-refractivity contribution in [1.29, 1.82) is 0 Å². The van der Waals surface area contributed by atoms with Crippen LogP contribution in [-0.2, 0) is 6.42 Å². The van der Waals surface area contributed by atoms with Crippen LogP contribution in [0.25, 0.3) is 0 Å². The second kappa shape index (κ2) is 7.25. The molecule has 1 rings (SSSR count). The first-order valence-electron chi connectivity index (χ1n) is 5.69. The lowest BCUT2D eigenvalue weighted by molar-refractivity contribution is 0.202. The summed E-state index contributed by atoms with van der Waals surface area (Å²) in [7, 11) is 0. The standard InChI is InChI=1S/C13H20O3/c1-11(10-15)7-9-16-13-4-2-12(3-5-13)6-8-14/h2-5,11,14-15H,6-10H2,1H3. The van der Waals surface area contributed by atoms with E-state index in [-0.39, 0.29) is 19.1 Å². The highest BCUT2D eigenvalue weighted by Gasteiger charge is 2.00. The lowest BCUT2D eigenvalue weighted by Gasteiger charge is -2.09. The average Bonchev–Trinajstić information content (AvgIpc) is 2.31. The van der Waals surface area contributed by atoms with E-state index in [0.29, 0.717) is 13.0 Å². The maximum atomic E-state index is 8.85. The Hall–Kier alpha value is -1.06. The van der Waals surface area contributed by atoms with Crippen LogP contribution in [0, 0.1) is 5.92 Å². The van der Waals surface area contributed by atoms with Crippen LogP contribution in [0.4, 0.5) is 0 Å². The molecule has 0 fully saturated rings. The third-order valence-electron chi connectivity index (χ3n) is 2.51. The number of benzene rings is 1. The number of aliphatic hydroxyl groups is 2. The van der Waals surface area contributed by atoms with Crippen LogP contribution in [0.15, 0.2) is 24.3 Å². The van der Waals surface area contributed by atoms with Crippen LogP contribution in [0.2, 0.25) is 0 Å². The predicted molar refractivity (Wildman–Crippen MR) is 63.6 cm³/mol. The summed E-state index contributed by atoms with van der Waals surface area (Å²) >= 11 is 0. The van der Waals surface area contributed by atoms with E-state index in [1.807, 2.05) is 31.2 Å². The van der Waals surface area contributed by atoms with Gasteiger partial charge in [0.05, 0.1) is 6.61 Å². The predicted octanol–water partition coefficient (Wildman–Crippen LogP) is 1.62. The fourth-order valence-corrected chi connectivity index (χ4v) is 1.35. The molecular weight excluding hydrogens is 204 g/mol. The Balaban J connectivity index is 2.31. The van der Waals surface area contributed by atoms with Gasteiger partial charge in [-0.05, 0) is 36.5 Å². The molecule has 1 atom stereocenters. The maximum Gasteiger partial charge on any atom is 0.119 e. The monoisotopic (exact) mass is 224 g/mol. The molecule has 0 bridgehead atoms. The first-order chi connectivity index (χ1) is 7.76. The SMILES string of the molecule is CC(CO)CCOc1ccc(CCO)cc1. The zero-order valence-electron chi connectivity index (χ0n) is 9.72. The molecule has 0 radical (unpaired) electrons. The maximum absolute atomic E-state index is 8.85. The van der Waals surface area contributed by atoms with E-state index < -0.39 is 0 Å². The molecule has 0 aromatic heterocycles. The first-order valence-corrected chi connectivity index (χ1v) is 5.69. The Kier molecular flexibility index (Phi) is 5.90. The molecular formula is C13H20O3. The van der Waals surface area contributed by atoms with E-state index in [0.717, 1.165) is 17.7 Å². The Bertz CT molecular complexity index is 282. The molecule has 0 spiro atoms. The van der Waals surface area contributed by atoms with E-state index in [9.17, 15) is 0 Å². The molecule has 0 saturated heterocycles. The van der Waals surface area contributed by atoms with Gasteiger partial charge in [-0.1, -0.05) is 19.1 Å². The molecule has 1 unspecified atom stereocenters. The van der Waals surface area contributed by atoms with Gasteiger partial charge in [0.1, 0.15) is 5.75 Å². The summed E-state index contributed by atoms with van der Waals surface area (Å²) < 4.78 is 5.54. The Morgan fingerprint density at radius 2 is 1.88 bits per heavy atom. The van der Waals surface area contributed by atoms with Crippen molar-refractivity contribution in [2.75, 3.05) is 19.8 Å². The van der Waals surface area contributed by atoms with Crippen LogP contribution in [0.3, 0.4) is 0 Å². The molecule has 0 aliphatic rings. The molecule has 1 aromatic carbocycles. The van der Waals surface area contributed by atoms with Crippen molar-refractivity contribution >= 4 is 0 Å². The summed E-state index contributed by atoms with van der Waals surface area (Å²) in [4.78, 5) is 0. The Morgan fingerprint density at radius 1 is 1.19 bits per heavy atom. The number of aliphatic hydroxyl groups excluding tert-OH is 2. The highest BCUT2D eigenvalue weighted by Crippen LogP contribution is 2.13. The van der Waals surface area contributed by atoms with Gasteiger partial charge in [-0.15, -0.1) is 0 Å². The second-order valence-corrected chi connectivity index (χ2v) is 4.04. The second-order valence-electron chi connectivity index (χ2n) is 4.04. The zero-order chi connectivity index (χ0) is 11.8. The lowest BCUT2D eigenvalue weighted by Crippen LogP contribution is -2.07. The number of hydrogen-bond acceptors (Lipinski definition) is 3. The summed E-state index contributed by atoms with van der Waals surface area (Å²) in [5.74, 6) is 1.13. The quantitative estimate of drug-likeness (QED) is 0.740. The lowest BCUT2D eigenvalue weighted by atomic mass is 10.1. The topological polar surface area (TPSA) is 49.7 Å². The number of ether oxygens (including phenoxy) is 1. The molecule has 0 aliphatic carbocycles. The van der Waals surface area contributed by atoms with Gasteiger partial charge in [0.2, 0.25) is 0 Å². The molecule has 3 heteroatoms. The van der Waals surface area contributed by atoms with Gasteiger partial charge in [0.25, 0.3) is 0 Å². The summed E-state index contributed by atoms with van der Waals surface area (Å²) in [5.41, 5.74) is 1.11. The van der Waals surface area contributed by atoms with Gasteiger partial charge in [-0.2, -0.15) is 0 Å². The zero-order valence-corrected chi connectivity index (χ0v) is 9.72. The van der Waals surface area contributed by atoms with E-state index in [1.54, 1.807) is 0 Å². The Labute approximate surface area is 96.7 Å². The van der Waals surface area contributed by atoms with Crippen LogP contribution >= 0.6 is 0 Å². The summed E-state index contributed by atoms with van der Waals surface area (Å²) in [6.07, 6.45) is 1.54. The fourth-order valence-electron chi connectivity index (χ4n) is 1.35. The number of rotatable bonds is 7. The summed E-state index contributed by atoms with van der Waals surface area (Å²) in [6.45, 7) is 3.00. The van der Waals surface area contributed by atoms with Crippen molar-refractivity contribution in [2.45, 2.75) is 19.8 Å². The fraction of sp³-hybridized carbons (Fsp3) is 0.538. The molecule has 16 heavy (non-hydrogen) atoms. The Morgan fingerprint density at radius 3 is 2.44 bits per heavy atom. The van der Waals surface area contributed by atoms with Crippen molar-refractivity contribution in [3.63, 3.8) is 0 Å². The highest BCUT2D eigenvalue weighted by molar-refractivity contribution is 5.27.